The molecule has 1 atom stereocenters. The smallest absolute Gasteiger partial charge is 0.340 e. The molecule has 1 aromatic rings. The summed E-state index contributed by atoms with van der Waals surface area (Å²) in [5, 5.41) is 11.4. The molecule has 0 aromatic carbocycles. The summed E-state index contributed by atoms with van der Waals surface area (Å²) in [6, 6.07) is 1.86. The highest BCUT2D eigenvalue weighted by molar-refractivity contribution is 7.10. The van der Waals surface area contributed by atoms with Gasteiger partial charge in [-0.2, -0.15) is 0 Å². The van der Waals surface area contributed by atoms with Crippen LogP contribution in [0.15, 0.2) is 11.4 Å². The van der Waals surface area contributed by atoms with Crippen molar-refractivity contribution in [3.05, 3.63) is 21.9 Å². The van der Waals surface area contributed by atoms with E-state index in [9.17, 15) is 9.90 Å². The molecule has 1 N–H and O–H groups in total. The number of carbonyl (C=O) groups is 1. The minimum atomic E-state index is -1.13. The molecule has 0 radical (unpaired) electrons. The summed E-state index contributed by atoms with van der Waals surface area (Å²) >= 11 is 1.36. The van der Waals surface area contributed by atoms with E-state index in [2.05, 4.69) is 0 Å². The van der Waals surface area contributed by atoms with E-state index in [0.29, 0.717) is 11.5 Å². The molecule has 0 amide bonds. The molecule has 13 heavy (non-hydrogen) atoms. The van der Waals surface area contributed by atoms with Crippen molar-refractivity contribution in [2.75, 3.05) is 6.61 Å². The normalized spacial score (nSPS) is 12.5. The van der Waals surface area contributed by atoms with Gasteiger partial charge in [-0.1, -0.05) is 0 Å². The molecule has 1 rings (SSSR count). The lowest BCUT2D eigenvalue weighted by atomic mass is 10.2. The zero-order chi connectivity index (χ0) is 9.84. The Balaban J connectivity index is 2.73. The van der Waals surface area contributed by atoms with Gasteiger partial charge in [-0.3, -0.25) is 0 Å². The monoisotopic (exact) mass is 200 g/mol. The number of aryl methyl sites for hydroxylation is 1. The van der Waals surface area contributed by atoms with Crippen LogP contribution < -0.4 is 0 Å². The Bertz CT molecular complexity index is 293. The average molecular weight is 200 g/mol. The third-order valence-corrected chi connectivity index (χ3v) is 2.73. The van der Waals surface area contributed by atoms with Crippen LogP contribution in [-0.4, -0.2) is 17.7 Å². The van der Waals surface area contributed by atoms with Gasteiger partial charge < -0.3 is 9.84 Å². The van der Waals surface area contributed by atoms with E-state index >= 15 is 0 Å². The molecule has 1 unspecified atom stereocenters. The van der Waals surface area contributed by atoms with Crippen LogP contribution in [0, 0.1) is 6.92 Å². The number of carbonyl (C=O) groups excluding carboxylic acids is 1. The van der Waals surface area contributed by atoms with Crippen LogP contribution in [0.25, 0.3) is 0 Å². The maximum atomic E-state index is 11.1. The summed E-state index contributed by atoms with van der Waals surface area (Å²) in [6.45, 7) is 3.86. The van der Waals surface area contributed by atoms with E-state index in [1.165, 1.54) is 11.3 Å². The Morgan fingerprint density at radius 3 is 2.92 bits per heavy atom. The fourth-order valence-corrected chi connectivity index (χ4v) is 1.89. The summed E-state index contributed by atoms with van der Waals surface area (Å²) in [5.74, 6) is -0.576. The lowest BCUT2D eigenvalue weighted by Gasteiger charge is -2.08. The maximum absolute atomic E-state index is 11.1. The predicted octanol–water partition coefficient (Wildman–Crippen LogP) is 1.65. The molecule has 0 saturated heterocycles. The second kappa shape index (κ2) is 4.39. The Morgan fingerprint density at radius 1 is 1.77 bits per heavy atom. The fraction of sp³-hybridized carbons (Fsp3) is 0.444. The molecule has 0 fully saturated rings. The minimum Gasteiger partial charge on any atom is -0.464 e. The lowest BCUT2D eigenvalue weighted by molar-refractivity contribution is -0.153. The molecule has 1 heterocycles. The first-order valence-electron chi connectivity index (χ1n) is 4.05. The Labute approximate surface area is 81.0 Å². The van der Waals surface area contributed by atoms with Gasteiger partial charge in [0, 0.05) is 4.88 Å². The molecular weight excluding hydrogens is 188 g/mol. The highest BCUT2D eigenvalue weighted by atomic mass is 32.1. The predicted molar refractivity (Wildman–Crippen MR) is 50.6 cm³/mol. The van der Waals surface area contributed by atoms with Crippen molar-refractivity contribution in [2.45, 2.75) is 20.0 Å². The highest BCUT2D eigenvalue weighted by Crippen LogP contribution is 2.24. The molecule has 4 heteroatoms. The van der Waals surface area contributed by atoms with Crippen LogP contribution in [-0.2, 0) is 9.53 Å². The van der Waals surface area contributed by atoms with Gasteiger partial charge in [-0.05, 0) is 30.9 Å². The van der Waals surface area contributed by atoms with Gasteiger partial charge in [0.2, 0.25) is 0 Å². The number of esters is 1. The van der Waals surface area contributed by atoms with Crippen molar-refractivity contribution in [3.63, 3.8) is 0 Å². The van der Waals surface area contributed by atoms with Gasteiger partial charge >= 0.3 is 5.97 Å². The topological polar surface area (TPSA) is 46.5 Å². The Morgan fingerprint density at radius 2 is 2.46 bits per heavy atom. The van der Waals surface area contributed by atoms with Gasteiger partial charge in [0.05, 0.1) is 6.61 Å². The Hall–Kier alpha value is -0.870. The summed E-state index contributed by atoms with van der Waals surface area (Å²) in [7, 11) is 0. The summed E-state index contributed by atoms with van der Waals surface area (Å²) in [6.07, 6.45) is -1.13. The van der Waals surface area contributed by atoms with E-state index < -0.39 is 12.1 Å². The van der Waals surface area contributed by atoms with Crippen molar-refractivity contribution in [2.24, 2.45) is 0 Å². The van der Waals surface area contributed by atoms with E-state index in [0.717, 1.165) is 5.56 Å². The van der Waals surface area contributed by atoms with Gasteiger partial charge in [0.25, 0.3) is 0 Å². The molecule has 72 valence electrons. The number of aliphatic hydroxyl groups excluding tert-OH is 1. The SMILES string of the molecule is CCOC(=O)C(O)c1sccc1C. The number of rotatable bonds is 3. The second-order valence-corrected chi connectivity index (χ2v) is 3.57. The molecule has 3 nitrogen and oxygen atoms in total. The lowest BCUT2D eigenvalue weighted by Crippen LogP contribution is -2.14. The largest absolute Gasteiger partial charge is 0.464 e. The number of hydrogen-bond donors (Lipinski definition) is 1. The van der Waals surface area contributed by atoms with E-state index in [4.69, 9.17) is 4.74 Å². The van der Waals surface area contributed by atoms with Crippen molar-refractivity contribution >= 4 is 17.3 Å². The molecule has 0 spiro atoms. The van der Waals surface area contributed by atoms with E-state index in [1.54, 1.807) is 6.92 Å². The van der Waals surface area contributed by atoms with Crippen molar-refractivity contribution in [1.82, 2.24) is 0 Å². The molecule has 1 aromatic heterocycles. The first-order valence-corrected chi connectivity index (χ1v) is 4.93. The highest BCUT2D eigenvalue weighted by Gasteiger charge is 2.21. The molecular formula is C9H12O3S. The third kappa shape index (κ3) is 2.29. The van der Waals surface area contributed by atoms with Gasteiger partial charge in [-0.25, -0.2) is 4.79 Å². The number of aliphatic hydroxyl groups is 1. The molecule has 0 aliphatic heterocycles. The first kappa shape index (κ1) is 10.2. The minimum absolute atomic E-state index is 0.292. The second-order valence-electron chi connectivity index (χ2n) is 2.62. The molecule has 0 saturated carbocycles. The number of hydrogen-bond acceptors (Lipinski definition) is 4. The van der Waals surface area contributed by atoms with Gasteiger partial charge in [0.1, 0.15) is 0 Å². The number of ether oxygens (including phenoxy) is 1. The summed E-state index contributed by atoms with van der Waals surface area (Å²) < 4.78 is 4.70. The van der Waals surface area contributed by atoms with E-state index in [-0.39, 0.29) is 0 Å². The van der Waals surface area contributed by atoms with Crippen LogP contribution in [0.2, 0.25) is 0 Å². The van der Waals surface area contributed by atoms with Gasteiger partial charge in [0.15, 0.2) is 6.10 Å². The molecule has 0 aliphatic rings. The summed E-state index contributed by atoms with van der Waals surface area (Å²) in [4.78, 5) is 11.8. The van der Waals surface area contributed by atoms with Gasteiger partial charge in [-0.15, -0.1) is 11.3 Å². The zero-order valence-electron chi connectivity index (χ0n) is 7.61. The fourth-order valence-electron chi connectivity index (χ4n) is 0.993. The third-order valence-electron chi connectivity index (χ3n) is 1.66. The van der Waals surface area contributed by atoms with E-state index in [1.807, 2.05) is 18.4 Å². The number of thiophene rings is 1. The van der Waals surface area contributed by atoms with Crippen molar-refractivity contribution in [3.8, 4) is 0 Å². The van der Waals surface area contributed by atoms with Crippen molar-refractivity contribution < 1.29 is 14.6 Å². The molecule has 0 bridgehead atoms. The maximum Gasteiger partial charge on any atom is 0.340 e. The molecule has 0 aliphatic carbocycles. The van der Waals surface area contributed by atoms with Crippen molar-refractivity contribution in [1.29, 1.82) is 0 Å². The van der Waals surface area contributed by atoms with Crippen LogP contribution >= 0.6 is 11.3 Å². The van der Waals surface area contributed by atoms with Crippen LogP contribution in [0.1, 0.15) is 23.5 Å². The van der Waals surface area contributed by atoms with Crippen LogP contribution in [0.4, 0.5) is 0 Å². The zero-order valence-corrected chi connectivity index (χ0v) is 8.43. The standard InChI is InChI=1S/C9H12O3S/c1-3-12-9(11)7(10)8-6(2)4-5-13-8/h4-5,7,10H,3H2,1-2H3. The first-order chi connectivity index (χ1) is 6.16. The van der Waals surface area contributed by atoms with Crippen LogP contribution in [0.5, 0.6) is 0 Å². The quantitative estimate of drug-likeness (QED) is 0.755. The average Bonchev–Trinajstić information content (AvgIpc) is 2.50. The summed E-state index contributed by atoms with van der Waals surface area (Å²) in [5.41, 5.74) is 0.922. The van der Waals surface area contributed by atoms with Crippen LogP contribution in [0.3, 0.4) is 0 Å². The Kier molecular flexibility index (Phi) is 3.45.